The molecule has 0 radical (unpaired) electrons. The zero-order valence-electron chi connectivity index (χ0n) is 11.2. The topological polar surface area (TPSA) is 46.8 Å². The minimum Gasteiger partial charge on any atom is -0.334 e. The first-order valence-corrected chi connectivity index (χ1v) is 6.15. The number of hydrogen-bond donors (Lipinski definition) is 0. The molecule has 96 valence electrons. The largest absolute Gasteiger partial charge is 0.334 e. The van der Waals surface area contributed by atoms with Crippen molar-refractivity contribution in [2.75, 3.05) is 7.05 Å². The maximum Gasteiger partial charge on any atom is 0.122 e. The second-order valence-corrected chi connectivity index (χ2v) is 4.45. The summed E-state index contributed by atoms with van der Waals surface area (Å²) in [7, 11) is 2.07. The molecular weight excluding hydrogens is 226 g/mol. The predicted octanol–water partition coefficient (Wildman–Crippen LogP) is 1.63. The summed E-state index contributed by atoms with van der Waals surface area (Å²) in [4.78, 5) is 15.2. The van der Waals surface area contributed by atoms with E-state index in [0.717, 1.165) is 36.8 Å². The first kappa shape index (κ1) is 12.7. The summed E-state index contributed by atoms with van der Waals surface area (Å²) >= 11 is 0. The smallest absolute Gasteiger partial charge is 0.122 e. The number of hydrogen-bond acceptors (Lipinski definition) is 4. The molecule has 0 saturated heterocycles. The highest BCUT2D eigenvalue weighted by atomic mass is 15.2. The molecule has 2 heterocycles. The Morgan fingerprint density at radius 2 is 2.00 bits per heavy atom. The van der Waals surface area contributed by atoms with Crippen molar-refractivity contribution in [3.8, 4) is 0 Å². The average Bonchev–Trinajstić information content (AvgIpc) is 2.79. The van der Waals surface area contributed by atoms with Gasteiger partial charge in [0.2, 0.25) is 0 Å². The number of nitrogens with zero attached hydrogens (tertiary/aromatic N) is 5. The van der Waals surface area contributed by atoms with Gasteiger partial charge in [-0.25, -0.2) is 4.98 Å². The van der Waals surface area contributed by atoms with E-state index in [1.165, 1.54) is 0 Å². The number of aromatic nitrogens is 4. The van der Waals surface area contributed by atoms with Crippen molar-refractivity contribution in [1.29, 1.82) is 0 Å². The Labute approximate surface area is 108 Å². The third-order valence-corrected chi connectivity index (χ3v) is 2.82. The number of imidazole rings is 1. The minimum absolute atomic E-state index is 0.782. The molecule has 2 rings (SSSR count). The molecule has 0 saturated carbocycles. The van der Waals surface area contributed by atoms with Crippen LogP contribution in [-0.2, 0) is 19.6 Å². The van der Waals surface area contributed by atoms with Crippen LogP contribution in [0.5, 0.6) is 0 Å². The predicted molar refractivity (Wildman–Crippen MR) is 69.8 cm³/mol. The quantitative estimate of drug-likeness (QED) is 0.803. The fourth-order valence-electron chi connectivity index (χ4n) is 1.85. The lowest BCUT2D eigenvalue weighted by atomic mass is 10.4. The van der Waals surface area contributed by atoms with E-state index in [-0.39, 0.29) is 0 Å². The van der Waals surface area contributed by atoms with Crippen LogP contribution in [0.15, 0.2) is 24.8 Å². The monoisotopic (exact) mass is 245 g/mol. The van der Waals surface area contributed by atoms with Gasteiger partial charge in [0.1, 0.15) is 5.82 Å². The van der Waals surface area contributed by atoms with Gasteiger partial charge in [0.15, 0.2) is 0 Å². The van der Waals surface area contributed by atoms with Gasteiger partial charge in [0.25, 0.3) is 0 Å². The van der Waals surface area contributed by atoms with Crippen LogP contribution in [-0.4, -0.2) is 31.5 Å². The summed E-state index contributed by atoms with van der Waals surface area (Å²) in [6, 6.07) is 0. The SMILES string of the molecule is CCn1ccnc1CN(C)Cc1cnc(C)cn1. The molecule has 5 nitrogen and oxygen atoms in total. The molecule has 0 aliphatic carbocycles. The average molecular weight is 245 g/mol. The fourth-order valence-corrected chi connectivity index (χ4v) is 1.85. The molecule has 0 aliphatic rings. The van der Waals surface area contributed by atoms with Gasteiger partial charge in [-0.1, -0.05) is 0 Å². The van der Waals surface area contributed by atoms with Crippen LogP contribution in [0.25, 0.3) is 0 Å². The first-order valence-electron chi connectivity index (χ1n) is 6.15. The molecule has 0 fully saturated rings. The summed E-state index contributed by atoms with van der Waals surface area (Å²) in [5, 5.41) is 0. The third kappa shape index (κ3) is 3.13. The van der Waals surface area contributed by atoms with Crippen molar-refractivity contribution in [2.45, 2.75) is 33.5 Å². The second kappa shape index (κ2) is 5.73. The van der Waals surface area contributed by atoms with E-state index < -0.39 is 0 Å². The highest BCUT2D eigenvalue weighted by Crippen LogP contribution is 2.05. The van der Waals surface area contributed by atoms with Gasteiger partial charge >= 0.3 is 0 Å². The van der Waals surface area contributed by atoms with Crippen molar-refractivity contribution >= 4 is 0 Å². The Morgan fingerprint density at radius 3 is 2.67 bits per heavy atom. The van der Waals surface area contributed by atoms with Crippen LogP contribution in [0.4, 0.5) is 0 Å². The van der Waals surface area contributed by atoms with E-state index in [0.29, 0.717) is 0 Å². The van der Waals surface area contributed by atoms with Crippen LogP contribution in [0.3, 0.4) is 0 Å². The van der Waals surface area contributed by atoms with Crippen molar-refractivity contribution < 1.29 is 0 Å². The zero-order chi connectivity index (χ0) is 13.0. The van der Waals surface area contributed by atoms with Gasteiger partial charge in [0.05, 0.1) is 17.9 Å². The molecule has 0 N–H and O–H groups in total. The van der Waals surface area contributed by atoms with Gasteiger partial charge in [-0.15, -0.1) is 0 Å². The van der Waals surface area contributed by atoms with E-state index >= 15 is 0 Å². The van der Waals surface area contributed by atoms with Crippen LogP contribution in [0.2, 0.25) is 0 Å². The summed E-state index contributed by atoms with van der Waals surface area (Å²) < 4.78 is 2.15. The lowest BCUT2D eigenvalue weighted by molar-refractivity contribution is 0.301. The Morgan fingerprint density at radius 1 is 1.17 bits per heavy atom. The van der Waals surface area contributed by atoms with E-state index in [1.807, 2.05) is 25.5 Å². The minimum atomic E-state index is 0.782. The molecule has 0 amide bonds. The van der Waals surface area contributed by atoms with Crippen molar-refractivity contribution in [3.63, 3.8) is 0 Å². The Balaban J connectivity index is 1.96. The van der Waals surface area contributed by atoms with Crippen molar-refractivity contribution in [1.82, 2.24) is 24.4 Å². The summed E-state index contributed by atoms with van der Waals surface area (Å²) in [5.74, 6) is 1.08. The van der Waals surface area contributed by atoms with Gasteiger partial charge in [-0.05, 0) is 20.9 Å². The van der Waals surface area contributed by atoms with Crippen molar-refractivity contribution in [2.24, 2.45) is 0 Å². The molecular formula is C13H19N5. The van der Waals surface area contributed by atoms with E-state index in [1.54, 1.807) is 6.20 Å². The molecule has 18 heavy (non-hydrogen) atoms. The van der Waals surface area contributed by atoms with Gasteiger partial charge < -0.3 is 4.57 Å². The van der Waals surface area contributed by atoms with Crippen LogP contribution in [0.1, 0.15) is 24.1 Å². The molecule has 0 spiro atoms. The van der Waals surface area contributed by atoms with E-state index in [9.17, 15) is 0 Å². The summed E-state index contributed by atoms with van der Waals surface area (Å²) in [6.45, 7) is 6.61. The Bertz CT molecular complexity index is 488. The third-order valence-electron chi connectivity index (χ3n) is 2.82. The summed E-state index contributed by atoms with van der Waals surface area (Å²) in [6.07, 6.45) is 7.49. The van der Waals surface area contributed by atoms with E-state index in [4.69, 9.17) is 0 Å². The van der Waals surface area contributed by atoms with Gasteiger partial charge in [-0.2, -0.15) is 0 Å². The van der Waals surface area contributed by atoms with Gasteiger partial charge in [-0.3, -0.25) is 14.9 Å². The molecule has 0 aliphatic heterocycles. The summed E-state index contributed by atoms with van der Waals surface area (Å²) in [5.41, 5.74) is 1.93. The molecule has 0 atom stereocenters. The second-order valence-electron chi connectivity index (χ2n) is 4.45. The number of aryl methyl sites for hydroxylation is 2. The molecule has 2 aromatic rings. The normalized spacial score (nSPS) is 11.1. The first-order chi connectivity index (χ1) is 8.69. The molecule has 2 aromatic heterocycles. The standard InChI is InChI=1S/C13H19N5/c1-4-18-6-5-14-13(18)10-17(3)9-12-8-15-11(2)7-16-12/h5-8H,4,9-10H2,1-3H3. The zero-order valence-corrected chi connectivity index (χ0v) is 11.2. The van der Waals surface area contributed by atoms with Crippen LogP contribution >= 0.6 is 0 Å². The maximum absolute atomic E-state index is 4.37. The van der Waals surface area contributed by atoms with Crippen molar-refractivity contribution in [3.05, 3.63) is 42.0 Å². The van der Waals surface area contributed by atoms with Gasteiger partial charge in [0, 0.05) is 37.9 Å². The van der Waals surface area contributed by atoms with E-state index in [2.05, 4.69) is 38.4 Å². The molecule has 0 bridgehead atoms. The molecule has 5 heteroatoms. The Hall–Kier alpha value is -1.75. The highest BCUT2D eigenvalue weighted by Gasteiger charge is 2.07. The molecule has 0 unspecified atom stereocenters. The highest BCUT2D eigenvalue weighted by molar-refractivity contribution is 5.01. The molecule has 0 aromatic carbocycles. The lowest BCUT2D eigenvalue weighted by Gasteiger charge is -2.16. The van der Waals surface area contributed by atoms with Crippen LogP contribution < -0.4 is 0 Å². The van der Waals surface area contributed by atoms with Crippen LogP contribution in [0, 0.1) is 6.92 Å². The Kier molecular flexibility index (Phi) is 4.04. The fraction of sp³-hybridized carbons (Fsp3) is 0.462. The maximum atomic E-state index is 4.37. The lowest BCUT2D eigenvalue weighted by Crippen LogP contribution is -2.20. The number of rotatable bonds is 5.